The molecule has 4 amide bonds. The highest BCUT2D eigenvalue weighted by Crippen LogP contribution is 2.42. The lowest BCUT2D eigenvalue weighted by Gasteiger charge is -2.47. The Morgan fingerprint density at radius 2 is 1.33 bits per heavy atom. The van der Waals surface area contributed by atoms with Crippen LogP contribution in [0.2, 0.25) is 0 Å². The number of nitrogens with zero attached hydrogens (tertiary/aromatic N) is 7. The molecule has 0 spiro atoms. The number of fused-ring (bicyclic) bond motifs is 2. The second-order valence-electron chi connectivity index (χ2n) is 21.4. The van der Waals surface area contributed by atoms with Gasteiger partial charge in [0.2, 0.25) is 11.9 Å². The zero-order chi connectivity index (χ0) is 61.5. The zero-order valence-electron chi connectivity index (χ0n) is 46.5. The van der Waals surface area contributed by atoms with Crippen LogP contribution in [0.5, 0.6) is 0 Å². The topological polar surface area (TPSA) is 207 Å². The summed E-state index contributed by atoms with van der Waals surface area (Å²) in [6.45, 7) is 0.396. The molecule has 3 saturated heterocycles. The standard InChI is InChI=1S/C54H63F10N11O8S/c1-51(2,53(59,60)61)43(68-49(78)80-5)45(76)67-41(18-31-11-8-30(9-12-31)10-13-32-21-65-48(66-22-32)72-23-34-14-15-35(24-72)75(34)36-27-82-28-36)42(83-29-84-7)26-73(71-46(77)44(69-50(79)81-6)52(3,4)54(62,63)64)25-37-38(55)19-33(20-39(37)56)40-16-17-74(70-40)47(57)58/h8-9,11-12,16-17,19-22,34-36,41-44,47H,14-15,18,23-29H2,1-7H3,(H,67,76)(H,68,78)(H,69,79)(H,71,77)/t34?,35?,41-,42-,43+,44+/m0/s1. The van der Waals surface area contributed by atoms with Gasteiger partial charge in [0.15, 0.2) is 0 Å². The summed E-state index contributed by atoms with van der Waals surface area (Å²) in [7, 11) is 1.65. The number of amides is 4. The van der Waals surface area contributed by atoms with Gasteiger partial charge >= 0.3 is 31.1 Å². The quantitative estimate of drug-likeness (QED) is 0.0263. The number of halogens is 10. The summed E-state index contributed by atoms with van der Waals surface area (Å²) in [4.78, 5) is 67.7. The number of benzene rings is 2. The summed E-state index contributed by atoms with van der Waals surface area (Å²) < 4.78 is 169. The highest BCUT2D eigenvalue weighted by Gasteiger charge is 2.57. The van der Waals surface area contributed by atoms with Crippen molar-refractivity contribution < 1.29 is 82.0 Å². The number of alkyl carbamates (subject to hydrolysis) is 2. The van der Waals surface area contributed by atoms with Gasteiger partial charge in [0.25, 0.3) is 5.91 Å². The highest BCUT2D eigenvalue weighted by atomic mass is 32.2. The number of alkyl halides is 8. The molecule has 6 atom stereocenters. The second kappa shape index (κ2) is 27.0. The largest absolute Gasteiger partial charge is 0.453 e. The minimum absolute atomic E-state index is 0.218. The lowest BCUT2D eigenvalue weighted by atomic mass is 9.82. The Kier molecular flexibility index (Phi) is 20.7. The fourth-order valence-corrected chi connectivity index (χ4v) is 10.2. The van der Waals surface area contributed by atoms with Crippen LogP contribution in [0.25, 0.3) is 11.3 Å². The van der Waals surface area contributed by atoms with Crippen molar-refractivity contribution in [3.8, 4) is 23.1 Å². The van der Waals surface area contributed by atoms with Gasteiger partial charge in [-0.15, -0.1) is 11.8 Å². The molecule has 30 heteroatoms. The van der Waals surface area contributed by atoms with E-state index in [1.54, 1.807) is 42.9 Å². The third-order valence-corrected chi connectivity index (χ3v) is 15.4. The molecule has 5 heterocycles. The van der Waals surface area contributed by atoms with Crippen LogP contribution in [0.1, 0.15) is 69.3 Å². The van der Waals surface area contributed by atoms with Gasteiger partial charge < -0.3 is 39.8 Å². The molecule has 4 N–H and O–H groups in total. The number of methoxy groups -OCH3 is 2. The first kappa shape index (κ1) is 64.6. The van der Waals surface area contributed by atoms with Crippen LogP contribution >= 0.6 is 11.8 Å². The molecular formula is C54H63F10N11O8S. The van der Waals surface area contributed by atoms with E-state index in [0.717, 1.165) is 77.4 Å². The molecule has 3 aliphatic rings. The number of thioether (sulfide) groups is 1. The molecule has 2 unspecified atom stereocenters. The molecule has 4 aromatic rings. The van der Waals surface area contributed by atoms with Crippen LogP contribution in [-0.4, -0.2) is 168 Å². The van der Waals surface area contributed by atoms with Gasteiger partial charge in [-0.1, -0.05) is 24.0 Å². The number of hydrogen-bond acceptors (Lipinski definition) is 15. The van der Waals surface area contributed by atoms with Gasteiger partial charge in [-0.05, 0) is 89.1 Å². The van der Waals surface area contributed by atoms with Crippen LogP contribution in [0.4, 0.5) is 59.4 Å². The third kappa shape index (κ3) is 15.3. The van der Waals surface area contributed by atoms with E-state index in [9.17, 15) is 54.3 Å². The molecule has 2 aromatic heterocycles. The maximum absolute atomic E-state index is 16.3. The van der Waals surface area contributed by atoms with Crippen molar-refractivity contribution in [3.05, 3.63) is 94.9 Å². The Bertz CT molecular complexity index is 2980. The maximum Gasteiger partial charge on any atom is 0.407 e. The van der Waals surface area contributed by atoms with Gasteiger partial charge in [0, 0.05) is 73.5 Å². The number of carbonyl (C=O) groups excluding carboxylic acids is 4. The summed E-state index contributed by atoms with van der Waals surface area (Å²) in [5.74, 6) is 0.486. The van der Waals surface area contributed by atoms with Crippen LogP contribution in [0.15, 0.2) is 61.1 Å². The van der Waals surface area contributed by atoms with E-state index < -0.39 is 108 Å². The number of nitrogens with one attached hydrogen (secondary N) is 4. The van der Waals surface area contributed by atoms with E-state index in [-0.39, 0.29) is 28.3 Å². The molecule has 458 valence electrons. The normalized spacial score (nSPS) is 18.2. The van der Waals surface area contributed by atoms with E-state index in [1.807, 2.05) is 10.6 Å². The molecule has 0 radical (unpaired) electrons. The molecule has 2 bridgehead atoms. The number of rotatable bonds is 22. The van der Waals surface area contributed by atoms with Gasteiger partial charge in [-0.2, -0.15) is 40.2 Å². The van der Waals surface area contributed by atoms with Gasteiger partial charge in [-0.25, -0.2) is 38.0 Å². The Balaban J connectivity index is 1.23. The van der Waals surface area contributed by atoms with Crippen LogP contribution in [0.3, 0.4) is 0 Å². The third-order valence-electron chi connectivity index (χ3n) is 15.0. The first-order valence-electron chi connectivity index (χ1n) is 26.2. The number of hydrogen-bond donors (Lipinski definition) is 4. The molecule has 3 aliphatic heterocycles. The van der Waals surface area contributed by atoms with E-state index in [0.29, 0.717) is 85.6 Å². The first-order valence-corrected chi connectivity index (χ1v) is 27.6. The van der Waals surface area contributed by atoms with Crippen LogP contribution < -0.4 is 26.3 Å². The number of piperazine rings is 1. The minimum Gasteiger partial charge on any atom is -0.453 e. The van der Waals surface area contributed by atoms with Gasteiger partial charge in [0.1, 0.15) is 23.7 Å². The Morgan fingerprint density at radius 3 is 1.82 bits per heavy atom. The summed E-state index contributed by atoms with van der Waals surface area (Å²) in [5.41, 5.74) is -4.11. The maximum atomic E-state index is 16.3. The predicted octanol–water partition coefficient (Wildman–Crippen LogP) is 7.36. The van der Waals surface area contributed by atoms with Crippen molar-refractivity contribution in [3.63, 3.8) is 0 Å². The Labute approximate surface area is 481 Å². The number of anilines is 1. The summed E-state index contributed by atoms with van der Waals surface area (Å²) in [6, 6.07) is 3.43. The molecule has 84 heavy (non-hydrogen) atoms. The Morgan fingerprint density at radius 1 is 0.786 bits per heavy atom. The van der Waals surface area contributed by atoms with Gasteiger partial charge in [-0.3, -0.25) is 19.9 Å². The van der Waals surface area contributed by atoms with Crippen LogP contribution in [-0.2, 0) is 41.5 Å². The number of carbonyl (C=O) groups is 4. The van der Waals surface area contributed by atoms with E-state index in [1.165, 1.54) is 0 Å². The van der Waals surface area contributed by atoms with Crippen molar-refractivity contribution >= 4 is 41.7 Å². The van der Waals surface area contributed by atoms with Crippen molar-refractivity contribution in [2.45, 2.75) is 115 Å². The smallest absolute Gasteiger partial charge is 0.407 e. The molecule has 3 fully saturated rings. The average molecular weight is 1220 g/mol. The summed E-state index contributed by atoms with van der Waals surface area (Å²) >= 11 is 1.03. The fourth-order valence-electron chi connectivity index (χ4n) is 9.86. The molecule has 0 aliphatic carbocycles. The fraction of sp³-hybridized carbons (Fsp3) is 0.537. The van der Waals surface area contributed by atoms with E-state index >= 15 is 8.78 Å². The number of aromatic nitrogens is 4. The van der Waals surface area contributed by atoms with E-state index in [2.05, 4.69) is 56.9 Å². The molecule has 19 nitrogen and oxygen atoms in total. The monoisotopic (exact) mass is 1220 g/mol. The average Bonchev–Trinajstić information content (AvgIpc) is 2.20. The molecule has 2 aromatic carbocycles. The number of hydrazine groups is 1. The highest BCUT2D eigenvalue weighted by molar-refractivity contribution is 7.98. The van der Waals surface area contributed by atoms with Crippen molar-refractivity contribution in [1.82, 2.24) is 51.0 Å². The predicted molar refractivity (Wildman–Crippen MR) is 285 cm³/mol. The number of ether oxygens (including phenoxy) is 4. The molecule has 0 saturated carbocycles. The van der Waals surface area contributed by atoms with Crippen LogP contribution in [0, 0.1) is 34.3 Å². The van der Waals surface area contributed by atoms with Crippen molar-refractivity contribution in [2.24, 2.45) is 10.8 Å². The second-order valence-corrected chi connectivity index (χ2v) is 22.2. The summed E-state index contributed by atoms with van der Waals surface area (Å²) in [5, 5.41) is 10.6. The van der Waals surface area contributed by atoms with Crippen molar-refractivity contribution in [1.29, 1.82) is 0 Å². The lowest BCUT2D eigenvalue weighted by Crippen LogP contribution is -2.64. The van der Waals surface area contributed by atoms with Gasteiger partial charge in [0.05, 0.1) is 73.6 Å². The van der Waals surface area contributed by atoms with E-state index in [4.69, 9.17) is 9.47 Å². The minimum atomic E-state index is -5.22. The zero-order valence-corrected chi connectivity index (χ0v) is 47.4. The Hall–Kier alpha value is -6.94. The molecule has 7 rings (SSSR count). The SMILES string of the molecule is COC(=O)N[C@H](C(=O)N[C@@H](Cc1ccc(C#Cc2cnc(N3CC4CCC(C3)N4C3COC3)nc2)cc1)[C@H](CN(Cc1c(F)cc(-c2ccn(C(F)F)n2)cc1F)NC(=O)[C@@H](NC(=O)OC)C(C)(C)C(F)(F)F)OCSC)C(C)(C)C(F)(F)F. The summed E-state index contributed by atoms with van der Waals surface area (Å²) in [6.07, 6.45) is -7.48. The van der Waals surface area contributed by atoms with Crippen molar-refractivity contribution in [2.75, 3.05) is 64.2 Å². The first-order chi connectivity index (χ1) is 39.5. The lowest BCUT2D eigenvalue weighted by molar-refractivity contribution is -0.221. The molecular weight excluding hydrogens is 1150 g/mol.